The summed E-state index contributed by atoms with van der Waals surface area (Å²) in [7, 11) is 0. The van der Waals surface area contributed by atoms with Crippen LogP contribution < -0.4 is 15.8 Å². The van der Waals surface area contributed by atoms with Crippen LogP contribution >= 0.6 is 0 Å². The second kappa shape index (κ2) is 10.5. The first-order chi connectivity index (χ1) is 17.6. The molecule has 1 aromatic carbocycles. The third kappa shape index (κ3) is 5.32. The molecule has 9 nitrogen and oxygen atoms in total. The van der Waals surface area contributed by atoms with Gasteiger partial charge in [0.2, 0.25) is 5.91 Å². The molecule has 1 amide bonds. The minimum Gasteiger partial charge on any atom is -0.463 e. The lowest BCUT2D eigenvalue weighted by Crippen LogP contribution is -2.44. The van der Waals surface area contributed by atoms with Gasteiger partial charge in [-0.05, 0) is 67.4 Å². The molecule has 3 aromatic heterocycles. The van der Waals surface area contributed by atoms with Gasteiger partial charge in [0.05, 0.1) is 24.4 Å². The van der Waals surface area contributed by atoms with Gasteiger partial charge >= 0.3 is 0 Å². The summed E-state index contributed by atoms with van der Waals surface area (Å²) in [5.41, 5.74) is 1.65. The summed E-state index contributed by atoms with van der Waals surface area (Å²) in [6.07, 6.45) is 3.23. The van der Waals surface area contributed by atoms with Crippen LogP contribution in [0, 0.1) is 11.7 Å². The van der Waals surface area contributed by atoms with E-state index in [2.05, 4.69) is 25.5 Å². The number of furan rings is 1. The van der Waals surface area contributed by atoms with E-state index in [1.807, 2.05) is 18.2 Å². The molecule has 5 rings (SSSR count). The number of rotatable bonds is 7. The number of nitrogens with one attached hydrogen (secondary N) is 1. The SMILES string of the molecule is O=C(NCCn1nc(-c2ccc(F)cc2)ccc1=O)C1CCCN(c2ccc(-c3ccco3)nn2)C1. The van der Waals surface area contributed by atoms with E-state index >= 15 is 0 Å². The molecule has 1 N–H and O–H groups in total. The molecule has 0 aliphatic carbocycles. The molecular formula is C26H25FN6O3. The molecule has 1 unspecified atom stereocenters. The van der Waals surface area contributed by atoms with E-state index in [1.165, 1.54) is 22.9 Å². The van der Waals surface area contributed by atoms with Gasteiger partial charge in [0, 0.05) is 31.3 Å². The van der Waals surface area contributed by atoms with Crippen molar-refractivity contribution >= 4 is 11.7 Å². The molecule has 184 valence electrons. The van der Waals surface area contributed by atoms with Gasteiger partial charge in [-0.25, -0.2) is 9.07 Å². The van der Waals surface area contributed by atoms with Crippen molar-refractivity contribution in [2.45, 2.75) is 19.4 Å². The van der Waals surface area contributed by atoms with E-state index in [0.717, 1.165) is 25.2 Å². The van der Waals surface area contributed by atoms with Gasteiger partial charge in [-0.3, -0.25) is 9.59 Å². The first-order valence-electron chi connectivity index (χ1n) is 11.8. The van der Waals surface area contributed by atoms with Crippen molar-refractivity contribution in [1.82, 2.24) is 25.3 Å². The number of amides is 1. The number of piperidine rings is 1. The lowest BCUT2D eigenvalue weighted by Gasteiger charge is -2.32. The molecule has 4 heterocycles. The van der Waals surface area contributed by atoms with Crippen molar-refractivity contribution in [3.63, 3.8) is 0 Å². The summed E-state index contributed by atoms with van der Waals surface area (Å²) >= 11 is 0. The quantitative estimate of drug-likeness (QED) is 0.426. The highest BCUT2D eigenvalue weighted by Gasteiger charge is 2.26. The molecule has 1 atom stereocenters. The highest BCUT2D eigenvalue weighted by atomic mass is 19.1. The van der Waals surface area contributed by atoms with Crippen LogP contribution in [0.4, 0.5) is 10.2 Å². The minimum absolute atomic E-state index is 0.0670. The smallest absolute Gasteiger partial charge is 0.266 e. The maximum atomic E-state index is 13.2. The average molecular weight is 489 g/mol. The van der Waals surface area contributed by atoms with Crippen LogP contribution in [-0.4, -0.2) is 45.5 Å². The lowest BCUT2D eigenvalue weighted by molar-refractivity contribution is -0.125. The highest BCUT2D eigenvalue weighted by molar-refractivity contribution is 5.79. The standard InChI is InChI=1S/C26H25FN6O3/c27-20-7-5-18(6-8-20)21-10-12-25(34)33(31-21)15-13-28-26(35)19-3-1-14-32(17-19)24-11-9-22(29-30-24)23-4-2-16-36-23/h2,4-12,16,19H,1,3,13-15,17H2,(H,28,35). The van der Waals surface area contributed by atoms with Gasteiger partial charge in [0.25, 0.3) is 5.56 Å². The van der Waals surface area contributed by atoms with Crippen molar-refractivity contribution < 1.29 is 13.6 Å². The van der Waals surface area contributed by atoms with Gasteiger partial charge in [-0.15, -0.1) is 10.2 Å². The van der Waals surface area contributed by atoms with Crippen LogP contribution in [0.5, 0.6) is 0 Å². The first kappa shape index (κ1) is 23.4. The van der Waals surface area contributed by atoms with Crippen LogP contribution in [-0.2, 0) is 11.3 Å². The molecule has 0 spiro atoms. The number of hydrogen-bond donors (Lipinski definition) is 1. The zero-order valence-electron chi connectivity index (χ0n) is 19.5. The first-order valence-corrected chi connectivity index (χ1v) is 11.8. The maximum absolute atomic E-state index is 13.2. The van der Waals surface area contributed by atoms with E-state index in [4.69, 9.17) is 4.42 Å². The summed E-state index contributed by atoms with van der Waals surface area (Å²) in [6, 6.07) is 16.3. The van der Waals surface area contributed by atoms with Crippen LogP contribution in [0.3, 0.4) is 0 Å². The van der Waals surface area contributed by atoms with Crippen LogP contribution in [0.15, 0.2) is 76.1 Å². The van der Waals surface area contributed by atoms with E-state index in [0.29, 0.717) is 29.3 Å². The minimum atomic E-state index is -0.339. The van der Waals surface area contributed by atoms with Gasteiger partial charge in [0.15, 0.2) is 11.6 Å². The summed E-state index contributed by atoms with van der Waals surface area (Å²) in [5, 5.41) is 15.9. The van der Waals surface area contributed by atoms with Gasteiger partial charge in [0.1, 0.15) is 11.5 Å². The zero-order chi connectivity index (χ0) is 24.9. The third-order valence-electron chi connectivity index (χ3n) is 6.17. The van der Waals surface area contributed by atoms with Gasteiger partial charge in [-0.1, -0.05) is 0 Å². The van der Waals surface area contributed by atoms with Crippen molar-refractivity contribution in [3.05, 3.63) is 83.1 Å². The molecule has 10 heteroatoms. The molecule has 0 bridgehead atoms. The number of nitrogens with zero attached hydrogens (tertiary/aromatic N) is 5. The van der Waals surface area contributed by atoms with Crippen molar-refractivity contribution in [2.75, 3.05) is 24.5 Å². The van der Waals surface area contributed by atoms with E-state index < -0.39 is 0 Å². The number of aromatic nitrogens is 4. The molecule has 36 heavy (non-hydrogen) atoms. The molecule has 4 aromatic rings. The van der Waals surface area contributed by atoms with E-state index in [9.17, 15) is 14.0 Å². The molecule has 1 fully saturated rings. The van der Waals surface area contributed by atoms with E-state index in [-0.39, 0.29) is 36.3 Å². The van der Waals surface area contributed by atoms with Crippen molar-refractivity contribution in [3.8, 4) is 22.7 Å². The number of anilines is 1. The Balaban J connectivity index is 1.17. The third-order valence-corrected chi connectivity index (χ3v) is 6.17. The Morgan fingerprint density at radius 2 is 1.89 bits per heavy atom. The summed E-state index contributed by atoms with van der Waals surface area (Å²) in [6.45, 7) is 1.84. The molecule has 0 saturated carbocycles. The largest absolute Gasteiger partial charge is 0.463 e. The average Bonchev–Trinajstić information content (AvgIpc) is 3.46. The fraction of sp³-hybridized carbons (Fsp3) is 0.269. The number of benzene rings is 1. The number of carbonyl (C=O) groups is 1. The molecule has 1 saturated heterocycles. The van der Waals surface area contributed by atoms with Crippen LogP contribution in [0.25, 0.3) is 22.7 Å². The number of halogens is 1. The Kier molecular flexibility index (Phi) is 6.83. The van der Waals surface area contributed by atoms with E-state index in [1.54, 1.807) is 30.5 Å². The van der Waals surface area contributed by atoms with Gasteiger partial charge in [-0.2, -0.15) is 5.10 Å². The predicted octanol–water partition coefficient (Wildman–Crippen LogP) is 3.13. The fourth-order valence-electron chi connectivity index (χ4n) is 4.26. The normalized spacial score (nSPS) is 15.6. The monoisotopic (exact) mass is 488 g/mol. The lowest BCUT2D eigenvalue weighted by atomic mass is 9.97. The number of hydrogen-bond acceptors (Lipinski definition) is 7. The number of carbonyl (C=O) groups excluding carboxylic acids is 1. The maximum Gasteiger partial charge on any atom is 0.266 e. The summed E-state index contributed by atoms with van der Waals surface area (Å²) in [4.78, 5) is 27.1. The Morgan fingerprint density at radius 3 is 2.64 bits per heavy atom. The summed E-state index contributed by atoms with van der Waals surface area (Å²) in [5.74, 6) is 0.773. The zero-order valence-corrected chi connectivity index (χ0v) is 19.5. The molecule has 0 radical (unpaired) electrons. The molecule has 1 aliphatic rings. The van der Waals surface area contributed by atoms with Crippen LogP contribution in [0.2, 0.25) is 0 Å². The Hall–Kier alpha value is -4.34. The molecular weight excluding hydrogens is 463 g/mol. The predicted molar refractivity (Wildman–Crippen MR) is 132 cm³/mol. The van der Waals surface area contributed by atoms with Crippen molar-refractivity contribution in [2.24, 2.45) is 5.92 Å². The Bertz CT molecular complexity index is 1370. The Labute approximate surface area is 206 Å². The fourth-order valence-corrected chi connectivity index (χ4v) is 4.26. The topological polar surface area (TPSA) is 106 Å². The second-order valence-corrected chi connectivity index (χ2v) is 8.62. The second-order valence-electron chi connectivity index (χ2n) is 8.62. The summed E-state index contributed by atoms with van der Waals surface area (Å²) < 4.78 is 19.9. The molecule has 1 aliphatic heterocycles. The Morgan fingerprint density at radius 1 is 1.06 bits per heavy atom. The van der Waals surface area contributed by atoms with Crippen LogP contribution in [0.1, 0.15) is 12.8 Å². The highest BCUT2D eigenvalue weighted by Crippen LogP contribution is 2.23. The van der Waals surface area contributed by atoms with Gasteiger partial charge < -0.3 is 14.6 Å². The van der Waals surface area contributed by atoms with Crippen molar-refractivity contribution in [1.29, 1.82) is 0 Å².